The van der Waals surface area contributed by atoms with Crippen LogP contribution in [-0.2, 0) is 20.8 Å². The van der Waals surface area contributed by atoms with Crippen LogP contribution in [0, 0.1) is 11.7 Å². The molecule has 0 radical (unpaired) electrons. The summed E-state index contributed by atoms with van der Waals surface area (Å²) in [7, 11) is 0. The van der Waals surface area contributed by atoms with E-state index in [0.29, 0.717) is 38.2 Å². The number of halogens is 1. The molecule has 7 heteroatoms. The third kappa shape index (κ3) is 5.69. The van der Waals surface area contributed by atoms with E-state index in [9.17, 15) is 18.8 Å². The molecule has 1 unspecified atom stereocenters. The molecule has 0 saturated carbocycles. The summed E-state index contributed by atoms with van der Waals surface area (Å²) in [5.41, 5.74) is 2.26. The largest absolute Gasteiger partial charge is 0.347 e. The number of rotatable bonds is 6. The topological polar surface area (TPSA) is 69.7 Å². The van der Waals surface area contributed by atoms with Crippen molar-refractivity contribution < 1.29 is 18.8 Å². The summed E-state index contributed by atoms with van der Waals surface area (Å²) in [6.07, 6.45) is 0.483. The number of likely N-dealkylation sites (N-methyl/N-ethyl adjacent to an activating group) is 1. The van der Waals surface area contributed by atoms with E-state index in [1.807, 2.05) is 31.2 Å². The first-order valence-corrected chi connectivity index (χ1v) is 10.5. The van der Waals surface area contributed by atoms with Crippen LogP contribution in [0.1, 0.15) is 19.4 Å². The molecule has 1 heterocycles. The third-order valence-electron chi connectivity index (χ3n) is 5.59. The van der Waals surface area contributed by atoms with Gasteiger partial charge in [-0.2, -0.15) is 0 Å². The quantitative estimate of drug-likeness (QED) is 0.773. The minimum Gasteiger partial charge on any atom is -0.347 e. The van der Waals surface area contributed by atoms with E-state index < -0.39 is 0 Å². The highest BCUT2D eigenvalue weighted by Gasteiger charge is 2.31. The molecule has 0 bridgehead atoms. The van der Waals surface area contributed by atoms with Crippen molar-refractivity contribution in [1.82, 2.24) is 15.1 Å². The normalized spacial score (nSPS) is 16.7. The van der Waals surface area contributed by atoms with Gasteiger partial charge in [0.15, 0.2) is 0 Å². The molecule has 3 rings (SSSR count). The molecule has 1 atom stereocenters. The fraction of sp³-hybridized carbons (Fsp3) is 0.375. The van der Waals surface area contributed by atoms with Crippen LogP contribution in [0.4, 0.5) is 4.39 Å². The van der Waals surface area contributed by atoms with Gasteiger partial charge in [-0.1, -0.05) is 42.5 Å². The van der Waals surface area contributed by atoms with E-state index in [4.69, 9.17) is 0 Å². The van der Waals surface area contributed by atoms with Gasteiger partial charge in [0.1, 0.15) is 5.82 Å². The van der Waals surface area contributed by atoms with E-state index in [1.165, 1.54) is 13.0 Å². The van der Waals surface area contributed by atoms with Crippen molar-refractivity contribution in [2.75, 3.05) is 32.7 Å². The van der Waals surface area contributed by atoms with Gasteiger partial charge in [0.05, 0.1) is 12.5 Å². The molecule has 2 aromatic rings. The maximum atomic E-state index is 14.0. The zero-order valence-electron chi connectivity index (χ0n) is 17.9. The van der Waals surface area contributed by atoms with Crippen molar-refractivity contribution in [3.05, 3.63) is 59.9 Å². The maximum absolute atomic E-state index is 14.0. The maximum Gasteiger partial charge on any atom is 0.242 e. The van der Waals surface area contributed by atoms with Crippen molar-refractivity contribution in [3.8, 4) is 11.1 Å². The van der Waals surface area contributed by atoms with Crippen molar-refractivity contribution >= 4 is 17.7 Å². The number of amides is 3. The van der Waals surface area contributed by atoms with Crippen LogP contribution in [0.3, 0.4) is 0 Å². The zero-order valence-corrected chi connectivity index (χ0v) is 17.9. The summed E-state index contributed by atoms with van der Waals surface area (Å²) >= 11 is 0. The molecule has 1 aliphatic heterocycles. The van der Waals surface area contributed by atoms with Gasteiger partial charge in [-0.3, -0.25) is 14.4 Å². The Kier molecular flexibility index (Phi) is 7.39. The molecule has 3 amide bonds. The molecule has 0 aromatic heterocycles. The highest BCUT2D eigenvalue weighted by atomic mass is 19.1. The van der Waals surface area contributed by atoms with Crippen molar-refractivity contribution in [2.45, 2.75) is 20.3 Å². The van der Waals surface area contributed by atoms with Crippen LogP contribution in [-0.4, -0.2) is 60.2 Å². The first-order valence-electron chi connectivity index (χ1n) is 10.5. The Balaban J connectivity index is 1.75. The van der Waals surface area contributed by atoms with Gasteiger partial charge < -0.3 is 15.1 Å². The smallest absolute Gasteiger partial charge is 0.242 e. The lowest BCUT2D eigenvalue weighted by Gasteiger charge is -2.23. The first-order chi connectivity index (χ1) is 14.9. The standard InChI is InChI=1S/C24H28FN3O3/c1-3-27-12-13-28(23(30)15-26-17(2)29)16-20(24(27)31)14-18-8-10-19(11-9-18)21-6-4-5-7-22(21)25/h4-11,20H,3,12-16H2,1-2H3,(H,26,29). The number of benzene rings is 2. The summed E-state index contributed by atoms with van der Waals surface area (Å²) in [5.74, 6) is -1.08. The average Bonchev–Trinajstić information content (AvgIpc) is 2.92. The van der Waals surface area contributed by atoms with Gasteiger partial charge in [-0.25, -0.2) is 4.39 Å². The number of carbonyl (C=O) groups excluding carboxylic acids is 3. The monoisotopic (exact) mass is 425 g/mol. The van der Waals surface area contributed by atoms with Crippen molar-refractivity contribution in [2.24, 2.45) is 5.92 Å². The first kappa shape index (κ1) is 22.5. The Morgan fingerprint density at radius 3 is 2.45 bits per heavy atom. The van der Waals surface area contributed by atoms with E-state index in [0.717, 1.165) is 11.1 Å². The second-order valence-corrected chi connectivity index (χ2v) is 7.75. The van der Waals surface area contributed by atoms with Crippen LogP contribution in [0.15, 0.2) is 48.5 Å². The van der Waals surface area contributed by atoms with Crippen LogP contribution >= 0.6 is 0 Å². The second kappa shape index (κ2) is 10.2. The summed E-state index contributed by atoms with van der Waals surface area (Å²) in [6.45, 7) is 5.03. The van der Waals surface area contributed by atoms with E-state index in [-0.39, 0.29) is 36.0 Å². The average molecular weight is 426 g/mol. The summed E-state index contributed by atoms with van der Waals surface area (Å²) < 4.78 is 14.0. The predicted molar refractivity (Wildman–Crippen MR) is 117 cm³/mol. The minimum atomic E-state index is -0.372. The fourth-order valence-electron chi connectivity index (χ4n) is 3.85. The lowest BCUT2D eigenvalue weighted by Crippen LogP contribution is -2.42. The van der Waals surface area contributed by atoms with Gasteiger partial charge in [0.2, 0.25) is 17.7 Å². The van der Waals surface area contributed by atoms with Gasteiger partial charge in [0, 0.05) is 38.7 Å². The SMILES string of the molecule is CCN1CCN(C(=O)CNC(C)=O)CC(Cc2ccc(-c3ccccc3F)cc2)C1=O. The minimum absolute atomic E-state index is 0.0236. The van der Waals surface area contributed by atoms with Gasteiger partial charge >= 0.3 is 0 Å². The summed E-state index contributed by atoms with van der Waals surface area (Å²) in [4.78, 5) is 40.1. The van der Waals surface area contributed by atoms with Gasteiger partial charge in [-0.05, 0) is 30.5 Å². The molecule has 1 aliphatic rings. The third-order valence-corrected chi connectivity index (χ3v) is 5.59. The zero-order chi connectivity index (χ0) is 22.4. The van der Waals surface area contributed by atoms with Crippen molar-refractivity contribution in [1.29, 1.82) is 0 Å². The lowest BCUT2D eigenvalue weighted by atomic mass is 9.95. The number of hydrogen-bond acceptors (Lipinski definition) is 3. The molecule has 1 saturated heterocycles. The molecular formula is C24H28FN3O3. The number of carbonyl (C=O) groups is 3. The van der Waals surface area contributed by atoms with Crippen molar-refractivity contribution in [3.63, 3.8) is 0 Å². The molecule has 1 fully saturated rings. The Morgan fingerprint density at radius 1 is 1.10 bits per heavy atom. The van der Waals surface area contributed by atoms with Gasteiger partial charge in [-0.15, -0.1) is 0 Å². The molecule has 31 heavy (non-hydrogen) atoms. The van der Waals surface area contributed by atoms with Gasteiger partial charge in [0.25, 0.3) is 0 Å². The Morgan fingerprint density at radius 2 is 1.81 bits per heavy atom. The summed E-state index contributed by atoms with van der Waals surface area (Å²) in [6, 6.07) is 14.1. The highest BCUT2D eigenvalue weighted by molar-refractivity contribution is 5.85. The molecule has 0 spiro atoms. The molecule has 164 valence electrons. The predicted octanol–water partition coefficient (Wildman–Crippen LogP) is 2.48. The van der Waals surface area contributed by atoms with Crippen LogP contribution in [0.5, 0.6) is 0 Å². The number of hydrogen-bond donors (Lipinski definition) is 1. The number of nitrogens with zero attached hydrogens (tertiary/aromatic N) is 2. The Labute approximate surface area is 182 Å². The van der Waals surface area contributed by atoms with Crippen LogP contribution in [0.2, 0.25) is 0 Å². The Hall–Kier alpha value is -3.22. The molecular weight excluding hydrogens is 397 g/mol. The number of nitrogens with one attached hydrogen (secondary N) is 1. The molecule has 1 N–H and O–H groups in total. The van der Waals surface area contributed by atoms with Crippen LogP contribution in [0.25, 0.3) is 11.1 Å². The second-order valence-electron chi connectivity index (χ2n) is 7.75. The fourth-order valence-corrected chi connectivity index (χ4v) is 3.85. The summed E-state index contributed by atoms with van der Waals surface area (Å²) in [5, 5.41) is 2.53. The molecule has 6 nitrogen and oxygen atoms in total. The lowest BCUT2D eigenvalue weighted by molar-refractivity contribution is -0.135. The molecule has 0 aliphatic carbocycles. The Bertz CT molecular complexity index is 945. The van der Waals surface area contributed by atoms with E-state index in [1.54, 1.807) is 28.0 Å². The van der Waals surface area contributed by atoms with E-state index in [2.05, 4.69) is 5.32 Å². The van der Waals surface area contributed by atoms with E-state index >= 15 is 0 Å². The highest BCUT2D eigenvalue weighted by Crippen LogP contribution is 2.24. The molecule has 2 aromatic carbocycles. The van der Waals surface area contributed by atoms with Crippen LogP contribution < -0.4 is 5.32 Å².